The fourth-order valence-corrected chi connectivity index (χ4v) is 4.15. The Kier molecular flexibility index (Phi) is 8.45. The molecule has 0 aromatic carbocycles. The van der Waals surface area contributed by atoms with Crippen LogP contribution < -0.4 is 21.3 Å². The van der Waals surface area contributed by atoms with Gasteiger partial charge in [-0.15, -0.1) is 0 Å². The van der Waals surface area contributed by atoms with Crippen molar-refractivity contribution in [2.75, 3.05) is 0 Å². The Morgan fingerprint density at radius 1 is 1.09 bits per heavy atom. The number of rotatable bonds is 9. The summed E-state index contributed by atoms with van der Waals surface area (Å²) in [5.74, 6) is -4.36. The highest BCUT2D eigenvalue weighted by atomic mass is 19.4. The summed E-state index contributed by atoms with van der Waals surface area (Å²) in [6.07, 6.45) is -2.66. The van der Waals surface area contributed by atoms with Crippen LogP contribution in [-0.4, -0.2) is 53.5 Å². The van der Waals surface area contributed by atoms with Gasteiger partial charge in [0.15, 0.2) is 0 Å². The molecular formula is C23H34F3N5O4. The molecule has 0 spiro atoms. The first kappa shape index (κ1) is 28.4. The number of alkyl halides is 3. The van der Waals surface area contributed by atoms with Gasteiger partial charge in [-0.05, 0) is 44.4 Å². The molecule has 4 N–H and O–H groups in total. The Morgan fingerprint density at radius 2 is 1.69 bits per heavy atom. The number of halogens is 3. The van der Waals surface area contributed by atoms with Gasteiger partial charge in [0, 0.05) is 11.5 Å². The molecule has 4 atom stereocenters. The molecule has 4 amide bonds. The Morgan fingerprint density at radius 3 is 2.11 bits per heavy atom. The molecule has 12 heteroatoms. The summed E-state index contributed by atoms with van der Waals surface area (Å²) >= 11 is 0. The lowest BCUT2D eigenvalue weighted by atomic mass is 9.85. The summed E-state index contributed by atoms with van der Waals surface area (Å²) in [6.45, 7) is 8.18. The van der Waals surface area contributed by atoms with Gasteiger partial charge in [0.1, 0.15) is 18.1 Å². The lowest BCUT2D eigenvalue weighted by molar-refractivity contribution is -0.175. The summed E-state index contributed by atoms with van der Waals surface area (Å²) in [5.41, 5.74) is -1.50. The van der Waals surface area contributed by atoms with Crippen molar-refractivity contribution in [1.82, 2.24) is 21.3 Å². The van der Waals surface area contributed by atoms with Gasteiger partial charge in [-0.1, -0.05) is 33.6 Å². The van der Waals surface area contributed by atoms with Crippen LogP contribution in [0, 0.1) is 28.6 Å². The van der Waals surface area contributed by atoms with Gasteiger partial charge in [0.2, 0.25) is 17.7 Å². The summed E-state index contributed by atoms with van der Waals surface area (Å²) in [7, 11) is 0. The summed E-state index contributed by atoms with van der Waals surface area (Å²) in [4.78, 5) is 49.6. The molecule has 35 heavy (non-hydrogen) atoms. The first-order valence-corrected chi connectivity index (χ1v) is 11.6. The quantitative estimate of drug-likeness (QED) is 0.381. The molecular weight excluding hydrogens is 467 g/mol. The van der Waals surface area contributed by atoms with E-state index in [0.717, 1.165) is 12.8 Å². The maximum absolute atomic E-state index is 13.0. The van der Waals surface area contributed by atoms with Crippen LogP contribution >= 0.6 is 0 Å². The lowest BCUT2D eigenvalue weighted by Gasteiger charge is -2.32. The maximum atomic E-state index is 13.0. The van der Waals surface area contributed by atoms with Gasteiger partial charge in [0.25, 0.3) is 0 Å². The first-order valence-electron chi connectivity index (χ1n) is 11.6. The van der Waals surface area contributed by atoms with Gasteiger partial charge in [-0.2, -0.15) is 18.4 Å². The molecule has 9 nitrogen and oxygen atoms in total. The van der Waals surface area contributed by atoms with Crippen molar-refractivity contribution in [3.63, 3.8) is 0 Å². The average Bonchev–Trinajstić information content (AvgIpc) is 3.47. The predicted octanol–water partition coefficient (Wildman–Crippen LogP) is 1.68. The Labute approximate surface area is 202 Å². The topological polar surface area (TPSA) is 140 Å². The van der Waals surface area contributed by atoms with Gasteiger partial charge < -0.3 is 21.3 Å². The van der Waals surface area contributed by atoms with E-state index in [9.17, 15) is 37.6 Å². The van der Waals surface area contributed by atoms with E-state index in [1.165, 1.54) is 20.8 Å². The number of nitrogens with zero attached hydrogens (tertiary/aromatic N) is 1. The molecule has 1 saturated heterocycles. The molecule has 196 valence electrons. The SMILES string of the molecule is CC1(C)CC(CC(C#N)NC(=O)C(CC2CC2)NC(=O)C(NC(=O)C(F)(F)F)C(C)(C)C)C(=O)N1. The van der Waals surface area contributed by atoms with Crippen LogP contribution in [0.1, 0.15) is 66.7 Å². The minimum absolute atomic E-state index is 0.0911. The van der Waals surface area contributed by atoms with E-state index >= 15 is 0 Å². The van der Waals surface area contributed by atoms with E-state index in [-0.39, 0.29) is 24.7 Å². The molecule has 2 aliphatic rings. The largest absolute Gasteiger partial charge is 0.471 e. The van der Waals surface area contributed by atoms with Gasteiger partial charge in [-0.3, -0.25) is 19.2 Å². The number of hydrogen-bond donors (Lipinski definition) is 4. The van der Waals surface area contributed by atoms with Gasteiger partial charge >= 0.3 is 12.1 Å². The normalized spacial score (nSPS) is 22.3. The van der Waals surface area contributed by atoms with Crippen LogP contribution in [0.3, 0.4) is 0 Å². The smallest absolute Gasteiger partial charge is 0.351 e. The highest BCUT2D eigenvalue weighted by Crippen LogP contribution is 2.34. The summed E-state index contributed by atoms with van der Waals surface area (Å²) < 4.78 is 38.4. The Bertz CT molecular complexity index is 887. The number of hydrogen-bond acceptors (Lipinski definition) is 5. The Hall–Kier alpha value is -2.84. The minimum atomic E-state index is -5.17. The van der Waals surface area contributed by atoms with E-state index < -0.39 is 58.9 Å². The van der Waals surface area contributed by atoms with Crippen molar-refractivity contribution in [3.05, 3.63) is 0 Å². The van der Waals surface area contributed by atoms with Crippen molar-refractivity contribution < 1.29 is 32.3 Å². The average molecular weight is 502 g/mol. The predicted molar refractivity (Wildman–Crippen MR) is 119 cm³/mol. The fourth-order valence-electron chi connectivity index (χ4n) is 4.15. The van der Waals surface area contributed by atoms with Crippen LogP contribution in [0.2, 0.25) is 0 Å². The second-order valence-corrected chi connectivity index (χ2v) is 11.2. The molecule has 1 aliphatic carbocycles. The van der Waals surface area contributed by atoms with E-state index in [0.29, 0.717) is 6.42 Å². The van der Waals surface area contributed by atoms with E-state index in [1.807, 2.05) is 19.9 Å². The molecule has 1 aliphatic heterocycles. The molecule has 0 aromatic rings. The molecule has 1 saturated carbocycles. The van der Waals surface area contributed by atoms with E-state index in [4.69, 9.17) is 0 Å². The molecule has 4 unspecified atom stereocenters. The zero-order chi connectivity index (χ0) is 26.8. The van der Waals surface area contributed by atoms with Crippen molar-refractivity contribution in [2.24, 2.45) is 17.3 Å². The molecule has 0 bridgehead atoms. The molecule has 0 radical (unpaired) electrons. The summed E-state index contributed by atoms with van der Waals surface area (Å²) in [5, 5.41) is 19.1. The second-order valence-electron chi connectivity index (χ2n) is 11.2. The minimum Gasteiger partial charge on any atom is -0.351 e. The summed E-state index contributed by atoms with van der Waals surface area (Å²) in [6, 6.07) is -1.68. The third kappa shape index (κ3) is 8.40. The van der Waals surface area contributed by atoms with Gasteiger partial charge in [-0.25, -0.2) is 0 Å². The van der Waals surface area contributed by atoms with E-state index in [2.05, 4.69) is 16.0 Å². The third-order valence-electron chi connectivity index (χ3n) is 6.14. The fraction of sp³-hybridized carbons (Fsp3) is 0.783. The molecule has 2 rings (SSSR count). The lowest BCUT2D eigenvalue weighted by Crippen LogP contribution is -2.59. The van der Waals surface area contributed by atoms with Crippen LogP contribution in [0.4, 0.5) is 13.2 Å². The van der Waals surface area contributed by atoms with Crippen molar-refractivity contribution >= 4 is 23.6 Å². The third-order valence-corrected chi connectivity index (χ3v) is 6.14. The highest BCUT2D eigenvalue weighted by molar-refractivity contribution is 5.93. The monoisotopic (exact) mass is 501 g/mol. The van der Waals surface area contributed by atoms with Crippen molar-refractivity contribution in [2.45, 2.75) is 96.6 Å². The highest BCUT2D eigenvalue weighted by Gasteiger charge is 2.44. The number of carbonyl (C=O) groups excluding carboxylic acids is 4. The van der Waals surface area contributed by atoms with Crippen LogP contribution in [-0.2, 0) is 19.2 Å². The number of nitriles is 1. The number of amides is 4. The zero-order valence-corrected chi connectivity index (χ0v) is 20.6. The van der Waals surface area contributed by atoms with Crippen LogP contribution in [0.5, 0.6) is 0 Å². The standard InChI is InChI=1S/C23H34F3N5O4/c1-21(2,3)16(30-20(35)23(24,25)26)19(34)29-15(8-12-6-7-12)18(33)28-14(11-27)9-13-10-22(4,5)31-17(13)32/h12-16H,6-10H2,1-5H3,(H,28,33)(H,29,34)(H,30,35)(H,31,32). The van der Waals surface area contributed by atoms with Crippen molar-refractivity contribution in [3.8, 4) is 6.07 Å². The molecule has 2 fully saturated rings. The first-order chi connectivity index (χ1) is 15.9. The van der Waals surface area contributed by atoms with Crippen molar-refractivity contribution in [1.29, 1.82) is 5.26 Å². The number of carbonyl (C=O) groups is 4. The van der Waals surface area contributed by atoms with Crippen LogP contribution in [0.15, 0.2) is 0 Å². The number of nitrogens with one attached hydrogen (secondary N) is 4. The zero-order valence-electron chi connectivity index (χ0n) is 20.6. The molecule has 0 aromatic heterocycles. The second kappa shape index (κ2) is 10.4. The van der Waals surface area contributed by atoms with Crippen LogP contribution in [0.25, 0.3) is 0 Å². The van der Waals surface area contributed by atoms with Gasteiger partial charge in [0.05, 0.1) is 6.07 Å². The Balaban J connectivity index is 2.10. The van der Waals surface area contributed by atoms with E-state index in [1.54, 1.807) is 5.32 Å². The molecule has 1 heterocycles. The maximum Gasteiger partial charge on any atom is 0.471 e.